The molecule has 1 heterocycles. The molecule has 0 saturated heterocycles. The van der Waals surface area contributed by atoms with E-state index in [1.54, 1.807) is 12.1 Å². The van der Waals surface area contributed by atoms with E-state index in [4.69, 9.17) is 0 Å². The smallest absolute Gasteiger partial charge is 0.131 e. The number of H-pyrrole nitrogens is 1. The third-order valence-electron chi connectivity index (χ3n) is 4.00. The highest BCUT2D eigenvalue weighted by atomic mass is 19.1. The lowest BCUT2D eigenvalue weighted by Crippen LogP contribution is -1.84. The Hall–Kier alpha value is -2.94. The molecule has 0 aliphatic rings. The van der Waals surface area contributed by atoms with Crippen LogP contribution in [0.25, 0.3) is 33.3 Å². The van der Waals surface area contributed by atoms with Gasteiger partial charge in [0.05, 0.1) is 11.0 Å². The largest absolute Gasteiger partial charge is 0.342 e. The molecule has 1 N–H and O–H groups in total. The first kappa shape index (κ1) is 13.7. The number of rotatable bonds is 2. The molecule has 2 nitrogen and oxygen atoms in total. The number of imidazole rings is 1. The molecule has 3 aromatic carbocycles. The molecule has 4 aromatic rings. The number of halogens is 1. The van der Waals surface area contributed by atoms with Gasteiger partial charge in [0.1, 0.15) is 11.6 Å². The molecule has 1 aromatic heterocycles. The van der Waals surface area contributed by atoms with E-state index in [0.717, 1.165) is 33.5 Å². The molecule has 0 saturated carbocycles. The van der Waals surface area contributed by atoms with E-state index in [2.05, 4.69) is 22.1 Å². The molecule has 0 unspecified atom stereocenters. The molecule has 0 radical (unpaired) electrons. The SMILES string of the molecule is Cc1nc2ccc(-c3ccc(-c4ccccc4F)cc3)cc2[nH]1. The van der Waals surface area contributed by atoms with Crippen molar-refractivity contribution in [1.82, 2.24) is 9.97 Å². The summed E-state index contributed by atoms with van der Waals surface area (Å²) in [6.45, 7) is 1.95. The lowest BCUT2D eigenvalue weighted by Gasteiger charge is -2.06. The molecule has 0 aliphatic heterocycles. The predicted octanol–water partition coefficient (Wildman–Crippen LogP) is 5.34. The van der Waals surface area contributed by atoms with Gasteiger partial charge in [0.15, 0.2) is 0 Å². The molecule has 0 aliphatic carbocycles. The number of aromatic nitrogens is 2. The van der Waals surface area contributed by atoms with Gasteiger partial charge in [-0.2, -0.15) is 0 Å². The van der Waals surface area contributed by atoms with E-state index in [9.17, 15) is 4.39 Å². The van der Waals surface area contributed by atoms with Gasteiger partial charge in [-0.1, -0.05) is 48.5 Å². The molecule has 0 amide bonds. The fraction of sp³-hybridized carbons (Fsp3) is 0.0500. The van der Waals surface area contributed by atoms with E-state index >= 15 is 0 Å². The summed E-state index contributed by atoms with van der Waals surface area (Å²) >= 11 is 0. The zero-order chi connectivity index (χ0) is 15.8. The molecule has 112 valence electrons. The summed E-state index contributed by atoms with van der Waals surface area (Å²) in [6.07, 6.45) is 0. The van der Waals surface area contributed by atoms with Crippen LogP contribution in [0.2, 0.25) is 0 Å². The van der Waals surface area contributed by atoms with Gasteiger partial charge in [0.25, 0.3) is 0 Å². The molecule has 0 bridgehead atoms. The molecule has 3 heteroatoms. The van der Waals surface area contributed by atoms with Crippen LogP contribution in [0.5, 0.6) is 0 Å². The summed E-state index contributed by atoms with van der Waals surface area (Å²) in [6, 6.07) is 20.9. The van der Waals surface area contributed by atoms with Crippen molar-refractivity contribution < 1.29 is 4.39 Å². The van der Waals surface area contributed by atoms with Crippen LogP contribution in [-0.2, 0) is 0 Å². The van der Waals surface area contributed by atoms with E-state index in [1.807, 2.05) is 43.3 Å². The Morgan fingerprint density at radius 1 is 0.826 bits per heavy atom. The maximum absolute atomic E-state index is 13.9. The van der Waals surface area contributed by atoms with Crippen LogP contribution in [0, 0.1) is 12.7 Å². The number of aryl methyl sites for hydroxylation is 1. The van der Waals surface area contributed by atoms with Crippen molar-refractivity contribution in [2.45, 2.75) is 6.92 Å². The standard InChI is InChI=1S/C20H15FN2/c1-13-22-19-11-10-16(12-20(19)23-13)14-6-8-15(9-7-14)17-4-2-3-5-18(17)21/h2-12H,1H3,(H,22,23). The van der Waals surface area contributed by atoms with Crippen molar-refractivity contribution in [2.24, 2.45) is 0 Å². The van der Waals surface area contributed by atoms with Crippen molar-refractivity contribution in [2.75, 3.05) is 0 Å². The molecule has 4 rings (SSSR count). The highest BCUT2D eigenvalue weighted by Crippen LogP contribution is 2.28. The monoisotopic (exact) mass is 302 g/mol. The van der Waals surface area contributed by atoms with E-state index in [1.165, 1.54) is 6.07 Å². The van der Waals surface area contributed by atoms with Gasteiger partial charge in [0, 0.05) is 5.56 Å². The summed E-state index contributed by atoms with van der Waals surface area (Å²) in [4.78, 5) is 7.67. The quantitative estimate of drug-likeness (QED) is 0.531. The van der Waals surface area contributed by atoms with Crippen molar-refractivity contribution in [3.63, 3.8) is 0 Å². The first-order valence-electron chi connectivity index (χ1n) is 7.52. The van der Waals surface area contributed by atoms with Gasteiger partial charge in [-0.15, -0.1) is 0 Å². The second-order valence-electron chi connectivity index (χ2n) is 5.61. The van der Waals surface area contributed by atoms with Gasteiger partial charge in [0.2, 0.25) is 0 Å². The first-order chi connectivity index (χ1) is 11.2. The number of hydrogen-bond acceptors (Lipinski definition) is 1. The van der Waals surface area contributed by atoms with Gasteiger partial charge in [-0.25, -0.2) is 9.37 Å². The normalized spacial score (nSPS) is 11.0. The zero-order valence-electron chi connectivity index (χ0n) is 12.7. The molecule has 0 spiro atoms. The van der Waals surface area contributed by atoms with Gasteiger partial charge in [-0.05, 0) is 41.8 Å². The Kier molecular flexibility index (Phi) is 3.19. The lowest BCUT2D eigenvalue weighted by atomic mass is 10.00. The van der Waals surface area contributed by atoms with Crippen LogP contribution < -0.4 is 0 Å². The Morgan fingerprint density at radius 2 is 1.52 bits per heavy atom. The average Bonchev–Trinajstić information content (AvgIpc) is 2.94. The lowest BCUT2D eigenvalue weighted by molar-refractivity contribution is 0.631. The minimum Gasteiger partial charge on any atom is -0.342 e. The number of aromatic amines is 1. The Bertz CT molecular complexity index is 984. The van der Waals surface area contributed by atoms with Crippen molar-refractivity contribution in [3.05, 3.63) is 78.4 Å². The van der Waals surface area contributed by atoms with E-state index < -0.39 is 0 Å². The first-order valence-corrected chi connectivity index (χ1v) is 7.52. The molecular formula is C20H15FN2. The topological polar surface area (TPSA) is 28.7 Å². The summed E-state index contributed by atoms with van der Waals surface area (Å²) < 4.78 is 13.9. The fourth-order valence-corrected chi connectivity index (χ4v) is 2.85. The van der Waals surface area contributed by atoms with Crippen molar-refractivity contribution in [1.29, 1.82) is 0 Å². The Morgan fingerprint density at radius 3 is 2.30 bits per heavy atom. The summed E-state index contributed by atoms with van der Waals surface area (Å²) in [5, 5.41) is 0. The number of benzene rings is 3. The Balaban J connectivity index is 1.73. The zero-order valence-corrected chi connectivity index (χ0v) is 12.7. The minimum absolute atomic E-state index is 0.199. The second kappa shape index (κ2) is 5.36. The molecular weight excluding hydrogens is 287 g/mol. The number of nitrogens with zero attached hydrogens (tertiary/aromatic N) is 1. The van der Waals surface area contributed by atoms with Crippen LogP contribution in [-0.4, -0.2) is 9.97 Å². The molecule has 0 fully saturated rings. The maximum Gasteiger partial charge on any atom is 0.131 e. The summed E-state index contributed by atoms with van der Waals surface area (Å²) in [7, 11) is 0. The third kappa shape index (κ3) is 2.50. The number of nitrogens with one attached hydrogen (secondary N) is 1. The summed E-state index contributed by atoms with van der Waals surface area (Å²) in [5.41, 5.74) is 5.71. The predicted molar refractivity (Wildman–Crippen MR) is 91.7 cm³/mol. The van der Waals surface area contributed by atoms with Crippen LogP contribution in [0.4, 0.5) is 4.39 Å². The van der Waals surface area contributed by atoms with Gasteiger partial charge in [-0.3, -0.25) is 0 Å². The molecule has 23 heavy (non-hydrogen) atoms. The van der Waals surface area contributed by atoms with Gasteiger partial charge < -0.3 is 4.98 Å². The van der Waals surface area contributed by atoms with Gasteiger partial charge >= 0.3 is 0 Å². The van der Waals surface area contributed by atoms with Crippen molar-refractivity contribution >= 4 is 11.0 Å². The van der Waals surface area contributed by atoms with Crippen LogP contribution in [0.15, 0.2) is 66.7 Å². The highest BCUT2D eigenvalue weighted by molar-refractivity contribution is 5.82. The number of hydrogen-bond donors (Lipinski definition) is 1. The van der Waals surface area contributed by atoms with Crippen LogP contribution >= 0.6 is 0 Å². The Labute approximate surface area is 133 Å². The number of fused-ring (bicyclic) bond motifs is 1. The molecule has 0 atom stereocenters. The van der Waals surface area contributed by atoms with Crippen LogP contribution in [0.1, 0.15) is 5.82 Å². The minimum atomic E-state index is -0.199. The van der Waals surface area contributed by atoms with E-state index in [0.29, 0.717) is 5.56 Å². The maximum atomic E-state index is 13.9. The third-order valence-corrected chi connectivity index (χ3v) is 4.00. The van der Waals surface area contributed by atoms with Crippen molar-refractivity contribution in [3.8, 4) is 22.3 Å². The summed E-state index contributed by atoms with van der Waals surface area (Å²) in [5.74, 6) is 0.710. The second-order valence-corrected chi connectivity index (χ2v) is 5.61. The van der Waals surface area contributed by atoms with Crippen LogP contribution in [0.3, 0.4) is 0 Å². The fourth-order valence-electron chi connectivity index (χ4n) is 2.85. The van der Waals surface area contributed by atoms with E-state index in [-0.39, 0.29) is 5.82 Å². The highest BCUT2D eigenvalue weighted by Gasteiger charge is 2.06. The average molecular weight is 302 g/mol.